The molecule has 4 rings (SSSR count). The molecule has 3 heterocycles. The Morgan fingerprint density at radius 1 is 1.19 bits per heavy atom. The van der Waals surface area contributed by atoms with Gasteiger partial charge in [0.1, 0.15) is 0 Å². The number of amides is 1. The number of amidine groups is 1. The minimum absolute atomic E-state index is 0.0412. The Bertz CT molecular complexity index is 901. The average Bonchev–Trinajstić information content (AvgIpc) is 3.25. The van der Waals surface area contributed by atoms with Crippen LogP contribution in [0.1, 0.15) is 18.4 Å². The summed E-state index contributed by atoms with van der Waals surface area (Å²) >= 11 is 1.65. The molecule has 1 aromatic carbocycles. The van der Waals surface area contributed by atoms with Gasteiger partial charge >= 0.3 is 0 Å². The highest BCUT2D eigenvalue weighted by Gasteiger charge is 2.29. The van der Waals surface area contributed by atoms with Crippen molar-refractivity contribution in [3.63, 3.8) is 0 Å². The van der Waals surface area contributed by atoms with E-state index in [-0.39, 0.29) is 11.8 Å². The minimum atomic E-state index is -3.17. The van der Waals surface area contributed by atoms with Crippen LogP contribution in [0.5, 0.6) is 0 Å². The van der Waals surface area contributed by atoms with Gasteiger partial charge in [-0.15, -0.1) is 0 Å². The molecule has 1 amide bonds. The molecule has 27 heavy (non-hydrogen) atoms. The van der Waals surface area contributed by atoms with Gasteiger partial charge in [0.25, 0.3) is 0 Å². The average molecular weight is 407 g/mol. The van der Waals surface area contributed by atoms with E-state index in [1.54, 1.807) is 11.8 Å². The summed E-state index contributed by atoms with van der Waals surface area (Å²) in [7, 11) is -3.17. The number of anilines is 1. The van der Waals surface area contributed by atoms with E-state index in [0.717, 1.165) is 35.2 Å². The van der Waals surface area contributed by atoms with Crippen molar-refractivity contribution >= 4 is 44.2 Å². The van der Waals surface area contributed by atoms with Crippen molar-refractivity contribution in [1.29, 1.82) is 0 Å². The third-order valence-electron chi connectivity index (χ3n) is 5.11. The molecule has 1 aromatic rings. The molecule has 7 nitrogen and oxygen atoms in total. The minimum Gasteiger partial charge on any atom is -0.326 e. The van der Waals surface area contributed by atoms with E-state index >= 15 is 0 Å². The predicted octanol–water partition coefficient (Wildman–Crippen LogP) is 2.01. The molecule has 3 aliphatic heterocycles. The van der Waals surface area contributed by atoms with Gasteiger partial charge in [-0.05, 0) is 30.5 Å². The number of benzene rings is 1. The lowest BCUT2D eigenvalue weighted by Crippen LogP contribution is -2.40. The summed E-state index contributed by atoms with van der Waals surface area (Å²) in [4.78, 5) is 19.2. The fourth-order valence-corrected chi connectivity index (χ4v) is 5.40. The maximum Gasteiger partial charge on any atom is 0.227 e. The largest absolute Gasteiger partial charge is 0.326 e. The first-order chi connectivity index (χ1) is 12.9. The Balaban J connectivity index is 1.35. The van der Waals surface area contributed by atoms with Crippen LogP contribution in [0.25, 0.3) is 5.70 Å². The van der Waals surface area contributed by atoms with E-state index in [4.69, 9.17) is 0 Å². The van der Waals surface area contributed by atoms with Gasteiger partial charge in [-0.1, -0.05) is 23.9 Å². The van der Waals surface area contributed by atoms with Crippen LogP contribution < -0.4 is 5.32 Å². The molecule has 0 bridgehead atoms. The van der Waals surface area contributed by atoms with Gasteiger partial charge in [-0.3, -0.25) is 9.79 Å². The van der Waals surface area contributed by atoms with Gasteiger partial charge in [0.15, 0.2) is 5.17 Å². The SMILES string of the molecule is CS(=O)(=O)N1CCC(C(=O)Nc2ccc(C3=CSC4=NCCN34)cc2)CC1. The van der Waals surface area contributed by atoms with Gasteiger partial charge in [0, 0.05) is 36.6 Å². The predicted molar refractivity (Wildman–Crippen MR) is 109 cm³/mol. The van der Waals surface area contributed by atoms with Crippen molar-refractivity contribution in [2.24, 2.45) is 10.9 Å². The number of nitrogens with one attached hydrogen (secondary N) is 1. The van der Waals surface area contributed by atoms with Gasteiger partial charge in [0.05, 0.1) is 18.5 Å². The van der Waals surface area contributed by atoms with Gasteiger partial charge in [0.2, 0.25) is 15.9 Å². The number of fused-ring (bicyclic) bond motifs is 1. The number of carbonyl (C=O) groups excluding carboxylic acids is 1. The Kier molecular flexibility index (Phi) is 5.00. The summed E-state index contributed by atoms with van der Waals surface area (Å²) in [5.41, 5.74) is 3.02. The highest BCUT2D eigenvalue weighted by molar-refractivity contribution is 8.16. The number of aliphatic imine (C=N–C) groups is 1. The van der Waals surface area contributed by atoms with Crippen LogP contribution in [0.2, 0.25) is 0 Å². The van der Waals surface area contributed by atoms with Crippen molar-refractivity contribution in [2.45, 2.75) is 12.8 Å². The Labute approximate surface area is 163 Å². The summed E-state index contributed by atoms with van der Waals surface area (Å²) in [5.74, 6) is -0.194. The zero-order chi connectivity index (χ0) is 19.0. The molecule has 0 aliphatic carbocycles. The van der Waals surface area contributed by atoms with Crippen LogP contribution in [-0.2, 0) is 14.8 Å². The smallest absolute Gasteiger partial charge is 0.227 e. The van der Waals surface area contributed by atoms with Crippen LogP contribution in [0.4, 0.5) is 5.69 Å². The van der Waals surface area contributed by atoms with Gasteiger partial charge < -0.3 is 10.2 Å². The number of hydrogen-bond acceptors (Lipinski definition) is 6. The zero-order valence-corrected chi connectivity index (χ0v) is 16.7. The quantitative estimate of drug-likeness (QED) is 0.827. The Hall–Kier alpha value is -1.84. The van der Waals surface area contributed by atoms with Crippen molar-refractivity contribution in [3.05, 3.63) is 35.2 Å². The number of nitrogens with zero attached hydrogens (tertiary/aromatic N) is 3. The van der Waals surface area contributed by atoms with E-state index in [2.05, 4.69) is 20.6 Å². The molecule has 3 aliphatic rings. The Morgan fingerprint density at radius 3 is 2.56 bits per heavy atom. The fraction of sp³-hybridized carbons (Fsp3) is 0.444. The van der Waals surface area contributed by atoms with E-state index in [1.165, 1.54) is 10.6 Å². The van der Waals surface area contributed by atoms with Crippen LogP contribution in [0, 0.1) is 5.92 Å². The maximum atomic E-state index is 12.5. The normalized spacial score (nSPS) is 21.0. The molecular formula is C18H22N4O3S2. The third kappa shape index (κ3) is 3.90. The van der Waals surface area contributed by atoms with E-state index in [0.29, 0.717) is 25.9 Å². The second kappa shape index (κ2) is 7.29. The number of rotatable bonds is 4. The number of sulfonamides is 1. The van der Waals surface area contributed by atoms with Crippen molar-refractivity contribution in [2.75, 3.05) is 37.8 Å². The topological polar surface area (TPSA) is 82.1 Å². The summed E-state index contributed by atoms with van der Waals surface area (Å²) in [6.45, 7) is 2.56. The number of thioether (sulfide) groups is 1. The molecular weight excluding hydrogens is 384 g/mol. The molecule has 1 N–H and O–H groups in total. The summed E-state index contributed by atoms with van der Waals surface area (Å²) in [6, 6.07) is 7.84. The van der Waals surface area contributed by atoms with Gasteiger partial charge in [-0.25, -0.2) is 12.7 Å². The first-order valence-electron chi connectivity index (χ1n) is 8.97. The molecule has 0 unspecified atom stereocenters. The van der Waals surface area contributed by atoms with E-state index in [9.17, 15) is 13.2 Å². The number of piperidine rings is 1. The monoisotopic (exact) mass is 406 g/mol. The highest BCUT2D eigenvalue weighted by atomic mass is 32.2. The molecule has 0 atom stereocenters. The lowest BCUT2D eigenvalue weighted by Gasteiger charge is -2.29. The molecule has 9 heteroatoms. The second-order valence-electron chi connectivity index (χ2n) is 6.94. The van der Waals surface area contributed by atoms with Gasteiger partial charge in [-0.2, -0.15) is 0 Å². The maximum absolute atomic E-state index is 12.5. The highest BCUT2D eigenvalue weighted by Crippen LogP contribution is 2.35. The second-order valence-corrected chi connectivity index (χ2v) is 9.76. The van der Waals surface area contributed by atoms with Crippen LogP contribution in [0.3, 0.4) is 0 Å². The third-order valence-corrected chi connectivity index (χ3v) is 7.31. The number of carbonyl (C=O) groups is 1. The molecule has 0 radical (unpaired) electrons. The van der Waals surface area contributed by atoms with Crippen molar-refractivity contribution in [3.8, 4) is 0 Å². The first-order valence-corrected chi connectivity index (χ1v) is 11.7. The lowest BCUT2D eigenvalue weighted by molar-refractivity contribution is -0.120. The molecule has 144 valence electrons. The van der Waals surface area contributed by atoms with Crippen LogP contribution in [-0.4, -0.2) is 61.1 Å². The van der Waals surface area contributed by atoms with Crippen molar-refractivity contribution < 1.29 is 13.2 Å². The molecule has 1 saturated heterocycles. The summed E-state index contributed by atoms with van der Waals surface area (Å²) < 4.78 is 24.6. The fourth-order valence-electron chi connectivity index (χ4n) is 3.57. The summed E-state index contributed by atoms with van der Waals surface area (Å²) in [5, 5.41) is 6.13. The van der Waals surface area contributed by atoms with E-state index < -0.39 is 10.0 Å². The summed E-state index contributed by atoms with van der Waals surface area (Å²) in [6.07, 6.45) is 2.32. The Morgan fingerprint density at radius 2 is 1.89 bits per heavy atom. The van der Waals surface area contributed by atoms with Crippen molar-refractivity contribution in [1.82, 2.24) is 9.21 Å². The molecule has 0 spiro atoms. The molecule has 1 fully saturated rings. The zero-order valence-electron chi connectivity index (χ0n) is 15.1. The van der Waals surface area contributed by atoms with E-state index in [1.807, 2.05) is 24.3 Å². The standard InChI is InChI=1S/C18H22N4O3S2/c1-27(24,25)21-9-6-14(7-10-21)17(23)20-15-4-2-13(3-5-15)16-12-26-18-19-8-11-22(16)18/h2-5,12,14H,6-11H2,1H3,(H,20,23). The molecule has 0 saturated carbocycles. The first kappa shape index (κ1) is 18.5. The van der Waals surface area contributed by atoms with Crippen LogP contribution in [0.15, 0.2) is 34.7 Å². The molecule has 0 aromatic heterocycles. The number of hydrogen-bond donors (Lipinski definition) is 1. The lowest BCUT2D eigenvalue weighted by atomic mass is 9.97. The van der Waals surface area contributed by atoms with Crippen LogP contribution >= 0.6 is 11.8 Å².